The van der Waals surface area contributed by atoms with Crippen molar-refractivity contribution in [3.8, 4) is 0 Å². The van der Waals surface area contributed by atoms with Gasteiger partial charge in [-0.05, 0) is 52.1 Å². The standard InChI is InChI=1S/C16H30N2O/c1-4-19-15-11-14(16(15,2)3)17-12-7-9-18-8-5-6-13(18)10-12/h12-15,17H,4-11H2,1-3H3. The molecule has 1 aliphatic carbocycles. The second-order valence-corrected chi connectivity index (χ2v) is 7.27. The van der Waals surface area contributed by atoms with Gasteiger partial charge in [-0.25, -0.2) is 0 Å². The van der Waals surface area contributed by atoms with Crippen LogP contribution in [0.2, 0.25) is 0 Å². The van der Waals surface area contributed by atoms with E-state index in [-0.39, 0.29) is 0 Å². The minimum Gasteiger partial charge on any atom is -0.378 e. The third-order valence-corrected chi connectivity index (χ3v) is 5.80. The number of fused-ring (bicyclic) bond motifs is 1. The van der Waals surface area contributed by atoms with E-state index in [1.54, 1.807) is 0 Å². The predicted molar refractivity (Wildman–Crippen MR) is 78.4 cm³/mol. The molecular formula is C16H30N2O. The van der Waals surface area contributed by atoms with E-state index in [4.69, 9.17) is 4.74 Å². The zero-order chi connectivity index (χ0) is 13.5. The van der Waals surface area contributed by atoms with Crippen molar-refractivity contribution in [2.24, 2.45) is 5.41 Å². The van der Waals surface area contributed by atoms with Crippen molar-refractivity contribution in [2.75, 3.05) is 19.7 Å². The highest BCUT2D eigenvalue weighted by Gasteiger charge is 2.49. The quantitative estimate of drug-likeness (QED) is 0.845. The first-order valence-electron chi connectivity index (χ1n) is 8.23. The fourth-order valence-corrected chi connectivity index (χ4v) is 4.31. The van der Waals surface area contributed by atoms with Gasteiger partial charge < -0.3 is 15.0 Å². The molecule has 0 radical (unpaired) electrons. The topological polar surface area (TPSA) is 24.5 Å². The summed E-state index contributed by atoms with van der Waals surface area (Å²) in [5.74, 6) is 0. The molecule has 1 N–H and O–H groups in total. The molecule has 110 valence electrons. The molecule has 19 heavy (non-hydrogen) atoms. The van der Waals surface area contributed by atoms with Crippen molar-refractivity contribution in [1.82, 2.24) is 10.2 Å². The van der Waals surface area contributed by atoms with Crippen LogP contribution in [0.15, 0.2) is 0 Å². The Morgan fingerprint density at radius 2 is 2.05 bits per heavy atom. The second-order valence-electron chi connectivity index (χ2n) is 7.27. The molecule has 0 aromatic heterocycles. The van der Waals surface area contributed by atoms with Gasteiger partial charge in [-0.3, -0.25) is 0 Å². The zero-order valence-corrected chi connectivity index (χ0v) is 12.8. The molecule has 0 spiro atoms. The fourth-order valence-electron chi connectivity index (χ4n) is 4.31. The average molecular weight is 266 g/mol. The Hall–Kier alpha value is -0.120. The molecule has 2 heterocycles. The Kier molecular flexibility index (Phi) is 3.89. The fraction of sp³-hybridized carbons (Fsp3) is 1.00. The lowest BCUT2D eigenvalue weighted by Gasteiger charge is -2.53. The van der Waals surface area contributed by atoms with Crippen LogP contribution in [0.5, 0.6) is 0 Å². The summed E-state index contributed by atoms with van der Waals surface area (Å²) in [5, 5.41) is 3.94. The summed E-state index contributed by atoms with van der Waals surface area (Å²) >= 11 is 0. The van der Waals surface area contributed by atoms with Gasteiger partial charge in [0.2, 0.25) is 0 Å². The smallest absolute Gasteiger partial charge is 0.0655 e. The van der Waals surface area contributed by atoms with Crippen molar-refractivity contribution in [2.45, 2.75) is 77.1 Å². The summed E-state index contributed by atoms with van der Waals surface area (Å²) in [6, 6.07) is 2.27. The number of ether oxygens (including phenoxy) is 1. The number of piperidine rings is 1. The molecular weight excluding hydrogens is 236 g/mol. The summed E-state index contributed by atoms with van der Waals surface area (Å²) < 4.78 is 5.83. The zero-order valence-electron chi connectivity index (χ0n) is 12.8. The first kappa shape index (κ1) is 13.8. The van der Waals surface area contributed by atoms with E-state index in [9.17, 15) is 0 Å². The van der Waals surface area contributed by atoms with Gasteiger partial charge in [0.25, 0.3) is 0 Å². The Labute approximate surface area is 118 Å². The predicted octanol–water partition coefficient (Wildman–Crippen LogP) is 2.41. The van der Waals surface area contributed by atoms with E-state index in [0.717, 1.165) is 18.7 Å². The lowest BCUT2D eigenvalue weighted by atomic mass is 9.64. The summed E-state index contributed by atoms with van der Waals surface area (Å²) in [4.78, 5) is 2.70. The van der Waals surface area contributed by atoms with E-state index in [1.807, 2.05) is 0 Å². The summed E-state index contributed by atoms with van der Waals surface area (Å²) in [6.07, 6.45) is 7.20. The van der Waals surface area contributed by atoms with E-state index in [1.165, 1.54) is 45.2 Å². The second kappa shape index (κ2) is 5.34. The van der Waals surface area contributed by atoms with E-state index in [0.29, 0.717) is 17.6 Å². The molecule has 2 saturated heterocycles. The monoisotopic (exact) mass is 266 g/mol. The Morgan fingerprint density at radius 1 is 1.21 bits per heavy atom. The maximum atomic E-state index is 5.83. The highest BCUT2D eigenvalue weighted by molar-refractivity contribution is 5.04. The SMILES string of the molecule is CCOC1CC(NC2CCN3CCCC3C2)C1(C)C. The van der Waals surface area contributed by atoms with E-state index in [2.05, 4.69) is 31.0 Å². The molecule has 4 unspecified atom stereocenters. The molecule has 3 aliphatic rings. The summed E-state index contributed by atoms with van der Waals surface area (Å²) in [5.41, 5.74) is 0.308. The van der Waals surface area contributed by atoms with Gasteiger partial charge in [0.1, 0.15) is 0 Å². The molecule has 3 fully saturated rings. The van der Waals surface area contributed by atoms with E-state index >= 15 is 0 Å². The highest BCUT2D eigenvalue weighted by Crippen LogP contribution is 2.43. The Morgan fingerprint density at radius 3 is 2.79 bits per heavy atom. The molecule has 0 aromatic carbocycles. The third kappa shape index (κ3) is 2.57. The van der Waals surface area contributed by atoms with Gasteiger partial charge in [-0.2, -0.15) is 0 Å². The van der Waals surface area contributed by atoms with Crippen LogP contribution >= 0.6 is 0 Å². The van der Waals surface area contributed by atoms with Crippen LogP contribution in [-0.4, -0.2) is 48.8 Å². The van der Waals surface area contributed by atoms with Crippen molar-refractivity contribution in [1.29, 1.82) is 0 Å². The molecule has 0 amide bonds. The molecule has 2 aliphatic heterocycles. The van der Waals surface area contributed by atoms with Crippen LogP contribution in [0.4, 0.5) is 0 Å². The minimum absolute atomic E-state index is 0.308. The maximum Gasteiger partial charge on any atom is 0.0655 e. The molecule has 3 heteroatoms. The lowest BCUT2D eigenvalue weighted by Crippen LogP contribution is -2.64. The van der Waals surface area contributed by atoms with Crippen molar-refractivity contribution >= 4 is 0 Å². The molecule has 3 rings (SSSR count). The summed E-state index contributed by atoms with van der Waals surface area (Å²) in [6.45, 7) is 10.3. The van der Waals surface area contributed by atoms with E-state index < -0.39 is 0 Å². The number of rotatable bonds is 4. The molecule has 0 aromatic rings. The van der Waals surface area contributed by atoms with Crippen molar-refractivity contribution in [3.63, 3.8) is 0 Å². The highest BCUT2D eigenvalue weighted by atomic mass is 16.5. The maximum absolute atomic E-state index is 5.83. The van der Waals surface area contributed by atoms with Crippen molar-refractivity contribution in [3.05, 3.63) is 0 Å². The van der Waals surface area contributed by atoms with Gasteiger partial charge in [0, 0.05) is 30.1 Å². The largest absolute Gasteiger partial charge is 0.378 e. The van der Waals surface area contributed by atoms with Crippen molar-refractivity contribution < 1.29 is 4.74 Å². The van der Waals surface area contributed by atoms with Crippen LogP contribution in [0, 0.1) is 5.41 Å². The number of nitrogens with one attached hydrogen (secondary N) is 1. The molecule has 1 saturated carbocycles. The average Bonchev–Trinajstić information content (AvgIpc) is 2.85. The molecule has 0 bridgehead atoms. The van der Waals surface area contributed by atoms with Crippen LogP contribution in [0.1, 0.15) is 52.9 Å². The molecule has 4 atom stereocenters. The lowest BCUT2D eigenvalue weighted by molar-refractivity contribution is -0.118. The van der Waals surface area contributed by atoms with Gasteiger partial charge in [-0.1, -0.05) is 13.8 Å². The normalized spacial score (nSPS) is 41.8. The van der Waals surface area contributed by atoms with Crippen LogP contribution < -0.4 is 5.32 Å². The Balaban J connectivity index is 1.50. The van der Waals surface area contributed by atoms with Gasteiger partial charge in [0.05, 0.1) is 6.10 Å². The van der Waals surface area contributed by atoms with Gasteiger partial charge in [-0.15, -0.1) is 0 Å². The van der Waals surface area contributed by atoms with Crippen LogP contribution in [-0.2, 0) is 4.74 Å². The third-order valence-electron chi connectivity index (χ3n) is 5.80. The van der Waals surface area contributed by atoms with Crippen LogP contribution in [0.3, 0.4) is 0 Å². The molecule has 3 nitrogen and oxygen atoms in total. The van der Waals surface area contributed by atoms with Gasteiger partial charge in [0.15, 0.2) is 0 Å². The number of hydrogen-bond donors (Lipinski definition) is 1. The first-order valence-corrected chi connectivity index (χ1v) is 8.23. The first-order chi connectivity index (χ1) is 9.11. The number of nitrogens with zero attached hydrogens (tertiary/aromatic N) is 1. The Bertz CT molecular complexity index is 318. The van der Waals surface area contributed by atoms with Crippen LogP contribution in [0.25, 0.3) is 0 Å². The van der Waals surface area contributed by atoms with Gasteiger partial charge >= 0.3 is 0 Å². The minimum atomic E-state index is 0.308. The number of hydrogen-bond acceptors (Lipinski definition) is 3. The summed E-state index contributed by atoms with van der Waals surface area (Å²) in [7, 11) is 0.